The molecular weight excluding hydrogens is 296 g/mol. The number of hydrogen-bond donors (Lipinski definition) is 1. The van der Waals surface area contributed by atoms with E-state index >= 15 is 0 Å². The number of thioether (sulfide) groups is 1. The number of hydrogen-bond acceptors (Lipinski definition) is 4. The summed E-state index contributed by atoms with van der Waals surface area (Å²) in [6.07, 6.45) is 1.98. The Morgan fingerprint density at radius 2 is 1.95 bits per heavy atom. The Morgan fingerprint density at radius 1 is 1.23 bits per heavy atom. The van der Waals surface area contributed by atoms with Crippen LogP contribution in [-0.4, -0.2) is 59.6 Å². The molecule has 0 saturated carbocycles. The summed E-state index contributed by atoms with van der Waals surface area (Å²) in [5.74, 6) is 3.17. The molecule has 0 aliphatic carbocycles. The van der Waals surface area contributed by atoms with Gasteiger partial charge in [0.2, 0.25) is 0 Å². The molecule has 2 aliphatic heterocycles. The van der Waals surface area contributed by atoms with Gasteiger partial charge in [0.25, 0.3) is 0 Å². The van der Waals surface area contributed by atoms with Gasteiger partial charge in [-0.25, -0.2) is 9.78 Å². The van der Waals surface area contributed by atoms with Gasteiger partial charge in [-0.1, -0.05) is 6.07 Å². The van der Waals surface area contributed by atoms with Crippen LogP contribution < -0.4 is 10.2 Å². The number of rotatable bonds is 2. The first-order valence-corrected chi connectivity index (χ1v) is 9.19. The number of anilines is 1. The third kappa shape index (κ3) is 3.85. The van der Waals surface area contributed by atoms with Gasteiger partial charge in [0, 0.05) is 49.4 Å². The highest BCUT2D eigenvalue weighted by Gasteiger charge is 2.24. The Labute approximate surface area is 136 Å². The minimum Gasteiger partial charge on any atom is -0.356 e. The predicted octanol–water partition coefficient (Wildman–Crippen LogP) is 2.12. The lowest BCUT2D eigenvalue weighted by Crippen LogP contribution is -2.51. The van der Waals surface area contributed by atoms with Gasteiger partial charge in [0.15, 0.2) is 0 Å². The standard InChI is InChI=1S/C16H24N4OS/c1-13-3-2-4-15(17-13)19-7-5-14(6-8-19)18-16(21)20-9-11-22-12-10-20/h2-4,14H,5-12H2,1H3,(H,18,21). The fourth-order valence-electron chi connectivity index (χ4n) is 2.99. The molecule has 1 N–H and O–H groups in total. The van der Waals surface area contributed by atoms with E-state index in [2.05, 4.69) is 27.3 Å². The highest BCUT2D eigenvalue weighted by molar-refractivity contribution is 7.99. The van der Waals surface area contributed by atoms with Crippen LogP contribution >= 0.6 is 11.8 Å². The lowest BCUT2D eigenvalue weighted by Gasteiger charge is -2.35. The predicted molar refractivity (Wildman–Crippen MR) is 91.6 cm³/mol. The zero-order chi connectivity index (χ0) is 15.4. The maximum absolute atomic E-state index is 12.2. The molecule has 0 unspecified atom stereocenters. The number of nitrogens with zero attached hydrogens (tertiary/aromatic N) is 3. The van der Waals surface area contributed by atoms with Crippen LogP contribution in [-0.2, 0) is 0 Å². The van der Waals surface area contributed by atoms with Gasteiger partial charge in [-0.05, 0) is 31.9 Å². The number of nitrogens with one attached hydrogen (secondary N) is 1. The van der Waals surface area contributed by atoms with Gasteiger partial charge in [0.1, 0.15) is 5.82 Å². The zero-order valence-electron chi connectivity index (χ0n) is 13.1. The molecule has 3 rings (SSSR count). The number of carbonyl (C=O) groups excluding carboxylic acids is 1. The number of amides is 2. The molecule has 22 heavy (non-hydrogen) atoms. The van der Waals surface area contributed by atoms with Crippen molar-refractivity contribution in [3.63, 3.8) is 0 Å². The molecule has 0 spiro atoms. The summed E-state index contributed by atoms with van der Waals surface area (Å²) in [5, 5.41) is 3.20. The number of pyridine rings is 1. The largest absolute Gasteiger partial charge is 0.356 e. The summed E-state index contributed by atoms with van der Waals surface area (Å²) >= 11 is 1.93. The Morgan fingerprint density at radius 3 is 2.64 bits per heavy atom. The molecule has 120 valence electrons. The van der Waals surface area contributed by atoms with E-state index in [1.165, 1.54) is 0 Å². The normalized spacial score (nSPS) is 20.0. The molecule has 0 atom stereocenters. The molecule has 6 heteroatoms. The van der Waals surface area contributed by atoms with Crippen LogP contribution in [0.1, 0.15) is 18.5 Å². The van der Waals surface area contributed by atoms with Gasteiger partial charge in [-0.15, -0.1) is 0 Å². The van der Waals surface area contributed by atoms with E-state index in [0.717, 1.165) is 62.0 Å². The summed E-state index contributed by atoms with van der Waals surface area (Å²) in [6, 6.07) is 6.56. The van der Waals surface area contributed by atoms with Crippen molar-refractivity contribution < 1.29 is 4.79 Å². The summed E-state index contributed by atoms with van der Waals surface area (Å²) in [5.41, 5.74) is 1.05. The van der Waals surface area contributed by atoms with E-state index in [1.807, 2.05) is 29.7 Å². The number of aryl methyl sites for hydroxylation is 1. The van der Waals surface area contributed by atoms with Crippen molar-refractivity contribution >= 4 is 23.6 Å². The number of urea groups is 1. The van der Waals surface area contributed by atoms with Gasteiger partial charge in [-0.2, -0.15) is 11.8 Å². The minimum atomic E-state index is 0.118. The van der Waals surface area contributed by atoms with Crippen LogP contribution in [0.15, 0.2) is 18.2 Å². The van der Waals surface area contributed by atoms with Crippen molar-refractivity contribution in [3.8, 4) is 0 Å². The molecule has 0 bridgehead atoms. The van der Waals surface area contributed by atoms with Gasteiger partial charge < -0.3 is 15.1 Å². The minimum absolute atomic E-state index is 0.118. The van der Waals surface area contributed by atoms with Crippen molar-refractivity contribution in [1.82, 2.24) is 15.2 Å². The Kier molecular flexibility index (Phi) is 5.08. The highest BCUT2D eigenvalue weighted by Crippen LogP contribution is 2.18. The van der Waals surface area contributed by atoms with Crippen LogP contribution in [0.5, 0.6) is 0 Å². The van der Waals surface area contributed by atoms with Gasteiger partial charge >= 0.3 is 6.03 Å². The van der Waals surface area contributed by atoms with Crippen LogP contribution in [0.3, 0.4) is 0 Å². The number of aromatic nitrogens is 1. The van der Waals surface area contributed by atoms with E-state index < -0.39 is 0 Å². The molecule has 2 fully saturated rings. The fourth-order valence-corrected chi connectivity index (χ4v) is 3.89. The van der Waals surface area contributed by atoms with E-state index in [0.29, 0.717) is 6.04 Å². The molecule has 0 aromatic carbocycles. The van der Waals surface area contributed by atoms with Crippen LogP contribution in [0.25, 0.3) is 0 Å². The monoisotopic (exact) mass is 320 g/mol. The molecule has 2 aliphatic rings. The fraction of sp³-hybridized carbons (Fsp3) is 0.625. The third-order valence-electron chi connectivity index (χ3n) is 4.32. The molecule has 5 nitrogen and oxygen atoms in total. The molecule has 1 aromatic heterocycles. The molecule has 2 saturated heterocycles. The maximum Gasteiger partial charge on any atom is 0.317 e. The van der Waals surface area contributed by atoms with Gasteiger partial charge in [-0.3, -0.25) is 0 Å². The van der Waals surface area contributed by atoms with Crippen molar-refractivity contribution in [3.05, 3.63) is 23.9 Å². The van der Waals surface area contributed by atoms with E-state index in [9.17, 15) is 4.79 Å². The van der Waals surface area contributed by atoms with E-state index in [-0.39, 0.29) is 6.03 Å². The quantitative estimate of drug-likeness (QED) is 0.907. The topological polar surface area (TPSA) is 48.5 Å². The van der Waals surface area contributed by atoms with Gasteiger partial charge in [0.05, 0.1) is 0 Å². The molecule has 0 radical (unpaired) electrons. The first-order chi connectivity index (χ1) is 10.7. The Bertz CT molecular complexity index is 511. The average Bonchev–Trinajstić information content (AvgIpc) is 2.56. The first-order valence-electron chi connectivity index (χ1n) is 8.04. The first kappa shape index (κ1) is 15.5. The van der Waals surface area contributed by atoms with Crippen LogP contribution in [0.4, 0.5) is 10.6 Å². The number of carbonyl (C=O) groups is 1. The van der Waals surface area contributed by atoms with Crippen molar-refractivity contribution in [2.24, 2.45) is 0 Å². The molecule has 1 aromatic rings. The molecular formula is C16H24N4OS. The summed E-state index contributed by atoms with van der Waals surface area (Å²) in [4.78, 5) is 21.1. The number of piperidine rings is 1. The Hall–Kier alpha value is -1.43. The van der Waals surface area contributed by atoms with Crippen LogP contribution in [0, 0.1) is 6.92 Å². The van der Waals surface area contributed by atoms with Crippen molar-refractivity contribution in [2.75, 3.05) is 42.6 Å². The maximum atomic E-state index is 12.2. The summed E-state index contributed by atoms with van der Waals surface area (Å²) in [6.45, 7) is 5.69. The summed E-state index contributed by atoms with van der Waals surface area (Å²) in [7, 11) is 0. The van der Waals surface area contributed by atoms with Crippen molar-refractivity contribution in [2.45, 2.75) is 25.8 Å². The second-order valence-electron chi connectivity index (χ2n) is 5.95. The molecule has 3 heterocycles. The highest BCUT2D eigenvalue weighted by atomic mass is 32.2. The smallest absolute Gasteiger partial charge is 0.317 e. The average molecular weight is 320 g/mol. The van der Waals surface area contributed by atoms with Crippen molar-refractivity contribution in [1.29, 1.82) is 0 Å². The lowest BCUT2D eigenvalue weighted by atomic mass is 10.1. The second-order valence-corrected chi connectivity index (χ2v) is 7.17. The zero-order valence-corrected chi connectivity index (χ0v) is 13.9. The second kappa shape index (κ2) is 7.22. The van der Waals surface area contributed by atoms with E-state index in [4.69, 9.17) is 0 Å². The molecule has 2 amide bonds. The summed E-state index contributed by atoms with van der Waals surface area (Å²) < 4.78 is 0. The Balaban J connectivity index is 1.48. The lowest BCUT2D eigenvalue weighted by molar-refractivity contribution is 0.196. The SMILES string of the molecule is Cc1cccc(N2CCC(NC(=O)N3CCSCC3)CC2)n1. The van der Waals surface area contributed by atoms with E-state index in [1.54, 1.807) is 0 Å². The van der Waals surface area contributed by atoms with Crippen LogP contribution in [0.2, 0.25) is 0 Å². The third-order valence-corrected chi connectivity index (χ3v) is 5.26.